The third-order valence-electron chi connectivity index (χ3n) is 2.68. The van der Waals surface area contributed by atoms with Crippen LogP contribution in [0.15, 0.2) is 18.2 Å². The van der Waals surface area contributed by atoms with Crippen molar-refractivity contribution < 1.29 is 13.2 Å². The summed E-state index contributed by atoms with van der Waals surface area (Å²) in [6.07, 6.45) is 1.16. The maximum atomic E-state index is 12.3. The predicted molar refractivity (Wildman–Crippen MR) is 85.4 cm³/mol. The Morgan fingerprint density at radius 2 is 2.05 bits per heavy atom. The number of benzene rings is 1. The molecule has 1 aromatic carbocycles. The lowest BCUT2D eigenvalue weighted by atomic mass is 10.2. The van der Waals surface area contributed by atoms with Gasteiger partial charge >= 0.3 is 0 Å². The van der Waals surface area contributed by atoms with Crippen molar-refractivity contribution >= 4 is 49.9 Å². The van der Waals surface area contributed by atoms with Crippen LogP contribution in [0.25, 0.3) is 0 Å². The van der Waals surface area contributed by atoms with E-state index in [9.17, 15) is 13.2 Å². The van der Waals surface area contributed by atoms with Gasteiger partial charge in [-0.05, 0) is 47.7 Å². The van der Waals surface area contributed by atoms with E-state index in [1.165, 1.54) is 4.90 Å². The molecule has 0 heterocycles. The Bertz CT molecular complexity index is 589. The Kier molecular flexibility index (Phi) is 5.64. The average Bonchev–Trinajstić information content (AvgIpc) is 2.28. The van der Waals surface area contributed by atoms with E-state index in [0.29, 0.717) is 10.6 Å². The SMILES string of the molecule is CC(CS(C)(=O)=O)N(C)C(=O)c1cc(Cl)ccc1I. The van der Waals surface area contributed by atoms with Gasteiger partial charge in [-0.15, -0.1) is 0 Å². The van der Waals surface area contributed by atoms with Crippen molar-refractivity contribution in [3.8, 4) is 0 Å². The second-order valence-corrected chi connectivity index (χ2v) is 8.27. The zero-order chi connectivity index (χ0) is 14.8. The van der Waals surface area contributed by atoms with E-state index in [0.717, 1.165) is 9.83 Å². The van der Waals surface area contributed by atoms with Gasteiger partial charge in [-0.3, -0.25) is 4.79 Å². The summed E-state index contributed by atoms with van der Waals surface area (Å²) in [6, 6.07) is 4.66. The van der Waals surface area contributed by atoms with Crippen LogP contribution in [-0.4, -0.2) is 44.3 Å². The Balaban J connectivity index is 2.96. The minimum absolute atomic E-state index is 0.0631. The van der Waals surface area contributed by atoms with Gasteiger partial charge in [-0.2, -0.15) is 0 Å². The first-order valence-corrected chi connectivity index (χ1v) is 9.03. The summed E-state index contributed by atoms with van der Waals surface area (Å²) in [5.74, 6) is -0.296. The molecule has 0 aromatic heterocycles. The second-order valence-electron chi connectivity index (χ2n) is 4.48. The molecule has 0 N–H and O–H groups in total. The fraction of sp³-hybridized carbons (Fsp3) is 0.417. The zero-order valence-electron chi connectivity index (χ0n) is 10.9. The molecule has 0 aliphatic rings. The number of amides is 1. The molecule has 1 amide bonds. The van der Waals surface area contributed by atoms with Crippen LogP contribution >= 0.6 is 34.2 Å². The third-order valence-corrected chi connectivity index (χ3v) is 4.95. The summed E-state index contributed by atoms with van der Waals surface area (Å²) in [6.45, 7) is 1.70. The minimum Gasteiger partial charge on any atom is -0.338 e. The maximum Gasteiger partial charge on any atom is 0.254 e. The molecule has 1 aromatic rings. The summed E-state index contributed by atoms with van der Waals surface area (Å²) in [5.41, 5.74) is 0.482. The molecule has 0 bridgehead atoms. The molecule has 1 atom stereocenters. The van der Waals surface area contributed by atoms with E-state index in [1.54, 1.807) is 32.2 Å². The van der Waals surface area contributed by atoms with Crippen LogP contribution < -0.4 is 0 Å². The molecule has 106 valence electrons. The number of nitrogens with zero attached hydrogens (tertiary/aromatic N) is 1. The quantitative estimate of drug-likeness (QED) is 0.710. The van der Waals surface area contributed by atoms with E-state index in [4.69, 9.17) is 11.6 Å². The van der Waals surface area contributed by atoms with Gasteiger partial charge < -0.3 is 4.90 Å². The maximum absolute atomic E-state index is 12.3. The van der Waals surface area contributed by atoms with Gasteiger partial charge in [0, 0.05) is 27.9 Å². The Labute approximate surface area is 132 Å². The van der Waals surface area contributed by atoms with E-state index in [1.807, 2.05) is 0 Å². The molecule has 0 spiro atoms. The number of hydrogen-bond donors (Lipinski definition) is 0. The fourth-order valence-electron chi connectivity index (χ4n) is 1.60. The zero-order valence-corrected chi connectivity index (χ0v) is 14.6. The van der Waals surface area contributed by atoms with Crippen molar-refractivity contribution in [2.75, 3.05) is 19.1 Å². The molecular weight excluding hydrogens is 401 g/mol. The highest BCUT2D eigenvalue weighted by atomic mass is 127. The molecule has 0 saturated carbocycles. The van der Waals surface area contributed by atoms with E-state index in [-0.39, 0.29) is 11.7 Å². The summed E-state index contributed by atoms with van der Waals surface area (Å²) in [7, 11) is -1.53. The smallest absolute Gasteiger partial charge is 0.254 e. The summed E-state index contributed by atoms with van der Waals surface area (Å²) in [4.78, 5) is 13.7. The van der Waals surface area contributed by atoms with Gasteiger partial charge in [-0.1, -0.05) is 11.6 Å². The van der Waals surface area contributed by atoms with E-state index in [2.05, 4.69) is 22.6 Å². The molecule has 0 aliphatic carbocycles. The average molecular weight is 416 g/mol. The van der Waals surface area contributed by atoms with Gasteiger partial charge in [0.25, 0.3) is 5.91 Å². The normalized spacial score (nSPS) is 13.1. The monoisotopic (exact) mass is 415 g/mol. The molecule has 19 heavy (non-hydrogen) atoms. The van der Waals surface area contributed by atoms with Crippen LogP contribution in [0.3, 0.4) is 0 Å². The largest absolute Gasteiger partial charge is 0.338 e. The van der Waals surface area contributed by atoms with E-state index >= 15 is 0 Å². The first kappa shape index (κ1) is 16.7. The van der Waals surface area contributed by atoms with Crippen LogP contribution in [0.5, 0.6) is 0 Å². The Morgan fingerprint density at radius 3 is 2.58 bits per heavy atom. The number of halogens is 2. The van der Waals surface area contributed by atoms with Gasteiger partial charge in [0.15, 0.2) is 0 Å². The Hall–Kier alpha value is -0.340. The van der Waals surface area contributed by atoms with Gasteiger partial charge in [0.2, 0.25) is 0 Å². The van der Waals surface area contributed by atoms with Gasteiger partial charge in [0.1, 0.15) is 9.84 Å². The number of carbonyl (C=O) groups is 1. The second kappa shape index (κ2) is 6.41. The highest BCUT2D eigenvalue weighted by molar-refractivity contribution is 14.1. The summed E-state index contributed by atoms with van der Waals surface area (Å²) < 4.78 is 23.3. The minimum atomic E-state index is -3.12. The molecule has 1 unspecified atom stereocenters. The van der Waals surface area contributed by atoms with Crippen LogP contribution in [0.1, 0.15) is 17.3 Å². The van der Waals surface area contributed by atoms with Crippen molar-refractivity contribution in [2.45, 2.75) is 13.0 Å². The summed E-state index contributed by atoms with van der Waals surface area (Å²) >= 11 is 7.93. The lowest BCUT2D eigenvalue weighted by molar-refractivity contribution is 0.0756. The van der Waals surface area contributed by atoms with Gasteiger partial charge in [-0.25, -0.2) is 8.42 Å². The first-order chi connectivity index (χ1) is 8.61. The number of carbonyl (C=O) groups excluding carboxylic acids is 1. The Morgan fingerprint density at radius 1 is 1.47 bits per heavy atom. The number of hydrogen-bond acceptors (Lipinski definition) is 3. The third kappa shape index (κ3) is 4.92. The van der Waals surface area contributed by atoms with Crippen molar-refractivity contribution in [1.29, 1.82) is 0 Å². The first-order valence-electron chi connectivity index (χ1n) is 5.51. The number of sulfone groups is 1. The van der Waals surface area contributed by atoms with Crippen molar-refractivity contribution in [3.63, 3.8) is 0 Å². The highest BCUT2D eigenvalue weighted by Crippen LogP contribution is 2.20. The van der Waals surface area contributed by atoms with Crippen LogP contribution in [0, 0.1) is 3.57 Å². The molecule has 0 radical (unpaired) electrons. The molecular formula is C12H15ClINO3S. The van der Waals surface area contributed by atoms with Crippen molar-refractivity contribution in [3.05, 3.63) is 32.4 Å². The predicted octanol–water partition coefficient (Wildman–Crippen LogP) is 2.45. The highest BCUT2D eigenvalue weighted by Gasteiger charge is 2.22. The molecule has 1 rings (SSSR count). The van der Waals surface area contributed by atoms with Gasteiger partial charge in [0.05, 0.1) is 11.3 Å². The molecule has 0 fully saturated rings. The standard InChI is InChI=1S/C12H15ClINO3S/c1-8(7-19(3,17)18)15(2)12(16)10-6-9(13)4-5-11(10)14/h4-6,8H,7H2,1-3H3. The topological polar surface area (TPSA) is 54.5 Å². The van der Waals surface area contributed by atoms with Crippen LogP contribution in [-0.2, 0) is 9.84 Å². The van der Waals surface area contributed by atoms with Crippen molar-refractivity contribution in [2.24, 2.45) is 0 Å². The van der Waals surface area contributed by atoms with E-state index < -0.39 is 15.9 Å². The number of rotatable bonds is 4. The lowest BCUT2D eigenvalue weighted by Crippen LogP contribution is -2.39. The van der Waals surface area contributed by atoms with Crippen LogP contribution in [0.4, 0.5) is 0 Å². The van der Waals surface area contributed by atoms with Crippen molar-refractivity contribution in [1.82, 2.24) is 4.90 Å². The molecule has 0 aliphatic heterocycles. The summed E-state index contributed by atoms with van der Waals surface area (Å²) in [5, 5.41) is 0.480. The molecule has 0 saturated heterocycles. The molecule has 7 heteroatoms. The molecule has 4 nitrogen and oxygen atoms in total. The fourth-order valence-corrected chi connectivity index (χ4v) is 3.44. The lowest BCUT2D eigenvalue weighted by Gasteiger charge is -2.24. The van der Waals surface area contributed by atoms with Crippen LogP contribution in [0.2, 0.25) is 5.02 Å².